The van der Waals surface area contributed by atoms with Gasteiger partial charge in [-0.15, -0.1) is 0 Å². The number of phenolic OH excluding ortho intramolecular Hbond substituents is 1. The van der Waals surface area contributed by atoms with E-state index in [1.165, 1.54) is 0 Å². The molecule has 0 bridgehead atoms. The van der Waals surface area contributed by atoms with Crippen molar-refractivity contribution in [3.8, 4) is 5.75 Å². The molecule has 0 atom stereocenters. The molecule has 2 N–H and O–H groups in total. The van der Waals surface area contributed by atoms with Crippen molar-refractivity contribution in [3.05, 3.63) is 29.1 Å². The van der Waals surface area contributed by atoms with Crippen LogP contribution >= 0.6 is 15.9 Å². The first-order chi connectivity index (χ1) is 9.31. The third-order valence-electron chi connectivity index (χ3n) is 3.37. The van der Waals surface area contributed by atoms with Gasteiger partial charge in [-0.3, -0.25) is 4.79 Å². The predicted octanol–water partition coefficient (Wildman–Crippen LogP) is 3.49. The second-order valence-electron chi connectivity index (χ2n) is 4.46. The Kier molecular flexibility index (Phi) is 5.44. The second-order valence-corrected chi connectivity index (χ2v) is 5.02. The lowest BCUT2D eigenvalue weighted by atomic mass is 9.95. The van der Waals surface area contributed by atoms with Crippen molar-refractivity contribution < 1.29 is 23.1 Å². The Hall–Kier alpha value is -1.24. The number of alkyl halides is 1. The minimum atomic E-state index is -1.71. The quantitative estimate of drug-likeness (QED) is 0.628. The number of carbonyl (C=O) groups excluding carboxylic acids is 1. The Morgan fingerprint density at radius 1 is 1.30 bits per heavy atom. The third-order valence-corrected chi connectivity index (χ3v) is 4.44. The summed E-state index contributed by atoms with van der Waals surface area (Å²) in [4.78, 5) is 12.0. The van der Waals surface area contributed by atoms with Crippen LogP contribution in [0.25, 0.3) is 0 Å². The van der Waals surface area contributed by atoms with E-state index in [9.17, 15) is 18.0 Å². The number of halogens is 4. The van der Waals surface area contributed by atoms with Gasteiger partial charge in [0.2, 0.25) is 5.82 Å². The summed E-state index contributed by atoms with van der Waals surface area (Å²) in [5.41, 5.74) is -1.35. The zero-order valence-electron chi connectivity index (χ0n) is 11.1. The number of phenols is 1. The second kappa shape index (κ2) is 6.47. The van der Waals surface area contributed by atoms with Gasteiger partial charge < -0.3 is 10.4 Å². The van der Waals surface area contributed by atoms with Crippen LogP contribution < -0.4 is 5.32 Å². The fraction of sp³-hybridized carbons (Fsp3) is 0.462. The summed E-state index contributed by atoms with van der Waals surface area (Å²) in [5.74, 6) is -7.06. The molecule has 7 heteroatoms. The zero-order valence-corrected chi connectivity index (χ0v) is 12.7. The fourth-order valence-electron chi connectivity index (χ4n) is 1.71. The van der Waals surface area contributed by atoms with E-state index in [4.69, 9.17) is 5.11 Å². The van der Waals surface area contributed by atoms with Gasteiger partial charge in [-0.1, -0.05) is 29.8 Å². The van der Waals surface area contributed by atoms with Crippen LogP contribution in [0.3, 0.4) is 0 Å². The molecular weight excluding hydrogens is 339 g/mol. The number of carbonyl (C=O) groups is 1. The molecule has 0 aliphatic carbocycles. The van der Waals surface area contributed by atoms with Crippen molar-refractivity contribution in [1.82, 2.24) is 5.32 Å². The van der Waals surface area contributed by atoms with Gasteiger partial charge in [0.1, 0.15) is 0 Å². The molecule has 1 amide bonds. The van der Waals surface area contributed by atoms with Gasteiger partial charge in [0.15, 0.2) is 17.4 Å². The Balaban J connectivity index is 3.17. The number of hydrogen-bond donors (Lipinski definition) is 2. The first-order valence-corrected chi connectivity index (χ1v) is 7.19. The predicted molar refractivity (Wildman–Crippen MR) is 72.6 cm³/mol. The molecule has 1 rings (SSSR count). The summed E-state index contributed by atoms with van der Waals surface area (Å²) >= 11 is 3.26. The zero-order chi connectivity index (χ0) is 15.5. The van der Waals surface area contributed by atoms with Crippen LogP contribution in [0.5, 0.6) is 5.75 Å². The molecule has 0 unspecified atom stereocenters. The molecule has 0 saturated carbocycles. The van der Waals surface area contributed by atoms with Gasteiger partial charge in [0.05, 0.1) is 5.56 Å². The molecule has 1 aromatic rings. The van der Waals surface area contributed by atoms with Crippen molar-refractivity contribution in [2.24, 2.45) is 0 Å². The minimum absolute atomic E-state index is 0.427. The van der Waals surface area contributed by atoms with Gasteiger partial charge in [-0.25, -0.2) is 8.78 Å². The van der Waals surface area contributed by atoms with Crippen molar-refractivity contribution in [3.63, 3.8) is 0 Å². The molecule has 0 fully saturated rings. The van der Waals surface area contributed by atoms with E-state index in [1.807, 2.05) is 13.8 Å². The molecule has 0 spiro atoms. The van der Waals surface area contributed by atoms with Crippen LogP contribution in [-0.4, -0.2) is 21.9 Å². The van der Waals surface area contributed by atoms with Crippen molar-refractivity contribution in [2.75, 3.05) is 5.33 Å². The molecule has 20 heavy (non-hydrogen) atoms. The van der Waals surface area contributed by atoms with E-state index < -0.39 is 40.2 Å². The summed E-state index contributed by atoms with van der Waals surface area (Å²) in [6.07, 6.45) is 1.13. The topological polar surface area (TPSA) is 49.3 Å². The van der Waals surface area contributed by atoms with E-state index >= 15 is 0 Å². The highest BCUT2D eigenvalue weighted by molar-refractivity contribution is 9.09. The van der Waals surface area contributed by atoms with E-state index in [0.29, 0.717) is 24.2 Å². The van der Waals surface area contributed by atoms with Gasteiger partial charge in [-0.05, 0) is 18.9 Å². The smallest absolute Gasteiger partial charge is 0.254 e. The fourth-order valence-corrected chi connectivity index (χ4v) is 2.65. The number of hydrogen-bond acceptors (Lipinski definition) is 2. The number of benzene rings is 1. The summed E-state index contributed by atoms with van der Waals surface area (Å²) in [6, 6.07) is 0.435. The van der Waals surface area contributed by atoms with Crippen LogP contribution in [0.15, 0.2) is 6.07 Å². The van der Waals surface area contributed by atoms with Crippen LogP contribution in [0.4, 0.5) is 13.2 Å². The van der Waals surface area contributed by atoms with E-state index in [2.05, 4.69) is 21.2 Å². The van der Waals surface area contributed by atoms with Crippen LogP contribution in [0.1, 0.15) is 37.0 Å². The lowest BCUT2D eigenvalue weighted by Gasteiger charge is -2.31. The average Bonchev–Trinajstić information content (AvgIpc) is 2.46. The van der Waals surface area contributed by atoms with Crippen molar-refractivity contribution >= 4 is 21.8 Å². The van der Waals surface area contributed by atoms with Gasteiger partial charge >= 0.3 is 0 Å². The molecule has 0 aliphatic heterocycles. The maximum atomic E-state index is 13.7. The molecule has 0 heterocycles. The Morgan fingerprint density at radius 3 is 2.30 bits per heavy atom. The maximum absolute atomic E-state index is 13.7. The normalized spacial score (nSPS) is 11.5. The van der Waals surface area contributed by atoms with Crippen LogP contribution in [-0.2, 0) is 0 Å². The lowest BCUT2D eigenvalue weighted by molar-refractivity contribution is 0.0897. The number of amides is 1. The SMILES string of the molecule is CCC(CC)(CBr)NC(=O)c1cc(F)c(F)c(O)c1F. The summed E-state index contributed by atoms with van der Waals surface area (Å²) in [5, 5.41) is 12.1. The monoisotopic (exact) mass is 353 g/mol. The van der Waals surface area contributed by atoms with E-state index in [-0.39, 0.29) is 0 Å². The molecule has 0 aromatic heterocycles. The molecular formula is C13H15BrF3NO2. The molecule has 0 radical (unpaired) electrons. The van der Waals surface area contributed by atoms with Gasteiger partial charge in [0.25, 0.3) is 5.91 Å². The third kappa shape index (κ3) is 3.08. The average molecular weight is 354 g/mol. The number of rotatable bonds is 5. The van der Waals surface area contributed by atoms with Crippen molar-refractivity contribution in [2.45, 2.75) is 32.2 Å². The summed E-state index contributed by atoms with van der Waals surface area (Å²) in [7, 11) is 0. The molecule has 0 aliphatic rings. The lowest BCUT2D eigenvalue weighted by Crippen LogP contribution is -2.49. The molecule has 112 valence electrons. The first kappa shape index (κ1) is 16.8. The van der Waals surface area contributed by atoms with E-state index in [0.717, 1.165) is 0 Å². The first-order valence-electron chi connectivity index (χ1n) is 6.06. The highest BCUT2D eigenvalue weighted by atomic mass is 79.9. The summed E-state index contributed by atoms with van der Waals surface area (Å²) in [6.45, 7) is 3.67. The highest BCUT2D eigenvalue weighted by Crippen LogP contribution is 2.27. The van der Waals surface area contributed by atoms with Crippen LogP contribution in [0, 0.1) is 17.5 Å². The highest BCUT2D eigenvalue weighted by Gasteiger charge is 2.30. The molecule has 1 aromatic carbocycles. The maximum Gasteiger partial charge on any atom is 0.254 e. The standard InChI is InChI=1S/C13H15BrF3NO2/c1-3-13(4-2,6-14)18-12(20)7-5-8(15)10(17)11(19)9(7)16/h5,19H,3-4,6H2,1-2H3,(H,18,20). The molecule has 0 saturated heterocycles. The van der Waals surface area contributed by atoms with E-state index in [1.54, 1.807) is 0 Å². The Morgan fingerprint density at radius 2 is 1.85 bits per heavy atom. The van der Waals surface area contributed by atoms with Gasteiger partial charge in [-0.2, -0.15) is 4.39 Å². The van der Waals surface area contributed by atoms with Crippen LogP contribution in [0.2, 0.25) is 0 Å². The Bertz CT molecular complexity index is 511. The van der Waals surface area contributed by atoms with Crippen molar-refractivity contribution in [1.29, 1.82) is 0 Å². The Labute approximate surface area is 123 Å². The molecule has 3 nitrogen and oxygen atoms in total. The number of nitrogens with one attached hydrogen (secondary N) is 1. The largest absolute Gasteiger partial charge is 0.503 e. The summed E-state index contributed by atoms with van der Waals surface area (Å²) < 4.78 is 39.8. The number of aromatic hydroxyl groups is 1. The van der Waals surface area contributed by atoms with Gasteiger partial charge in [0, 0.05) is 10.9 Å². The minimum Gasteiger partial charge on any atom is -0.503 e.